The molecule has 0 unspecified atom stereocenters. The number of aliphatic hydroxyl groups excluding tert-OH is 1. The first-order chi connectivity index (χ1) is 10.5. The first-order valence-electron chi connectivity index (χ1n) is 8.18. The molecule has 0 aliphatic carbocycles. The Hall–Kier alpha value is -1.42. The van der Waals surface area contributed by atoms with Crippen LogP contribution in [0.4, 0.5) is 0 Å². The summed E-state index contributed by atoms with van der Waals surface area (Å²) in [5.41, 5.74) is 1.29. The predicted molar refractivity (Wildman–Crippen MR) is 92.1 cm³/mol. The van der Waals surface area contributed by atoms with Gasteiger partial charge in [0.25, 0.3) is 0 Å². The number of aliphatic hydroxyl groups is 1. The highest BCUT2D eigenvalue weighted by molar-refractivity contribution is 5.83. The zero-order valence-electron chi connectivity index (χ0n) is 13.5. The van der Waals surface area contributed by atoms with Crippen LogP contribution in [0.15, 0.2) is 42.5 Å². The fraction of sp³-hybridized carbons (Fsp3) is 0.474. The van der Waals surface area contributed by atoms with Gasteiger partial charge < -0.3 is 15.7 Å². The molecule has 2 atom stereocenters. The van der Waals surface area contributed by atoms with Crippen LogP contribution in [0.2, 0.25) is 0 Å². The third-order valence-electron chi connectivity index (χ3n) is 4.58. The Morgan fingerprint density at radius 2 is 1.95 bits per heavy atom. The van der Waals surface area contributed by atoms with Crippen molar-refractivity contribution in [1.29, 1.82) is 0 Å². The van der Waals surface area contributed by atoms with Gasteiger partial charge in [-0.1, -0.05) is 42.5 Å². The SMILES string of the molecule is CC(C)(Cc1ccc2ccccc2c1)NC[C@@H](O)[C@H]1CCN1. The molecule has 1 fully saturated rings. The van der Waals surface area contributed by atoms with E-state index in [1.807, 2.05) is 0 Å². The minimum atomic E-state index is -0.301. The maximum absolute atomic E-state index is 10.1. The highest BCUT2D eigenvalue weighted by atomic mass is 16.3. The summed E-state index contributed by atoms with van der Waals surface area (Å²) in [6, 6.07) is 15.4. The summed E-state index contributed by atoms with van der Waals surface area (Å²) >= 11 is 0. The van der Waals surface area contributed by atoms with E-state index >= 15 is 0 Å². The van der Waals surface area contributed by atoms with Crippen LogP contribution in [-0.4, -0.2) is 35.9 Å². The lowest BCUT2D eigenvalue weighted by Gasteiger charge is -2.35. The summed E-state index contributed by atoms with van der Waals surface area (Å²) in [6.45, 7) is 6.06. The van der Waals surface area contributed by atoms with Gasteiger partial charge in [0.05, 0.1) is 6.10 Å². The molecule has 0 aromatic heterocycles. The van der Waals surface area contributed by atoms with Crippen molar-refractivity contribution in [2.75, 3.05) is 13.1 Å². The van der Waals surface area contributed by atoms with E-state index in [-0.39, 0.29) is 17.7 Å². The molecule has 0 radical (unpaired) electrons. The highest BCUT2D eigenvalue weighted by Crippen LogP contribution is 2.19. The second-order valence-corrected chi connectivity index (χ2v) is 7.04. The number of hydrogen-bond acceptors (Lipinski definition) is 3. The van der Waals surface area contributed by atoms with Crippen LogP contribution in [-0.2, 0) is 6.42 Å². The second-order valence-electron chi connectivity index (χ2n) is 7.04. The zero-order chi connectivity index (χ0) is 15.6. The highest BCUT2D eigenvalue weighted by Gasteiger charge is 2.27. The van der Waals surface area contributed by atoms with Crippen molar-refractivity contribution in [1.82, 2.24) is 10.6 Å². The molecule has 118 valence electrons. The van der Waals surface area contributed by atoms with Crippen molar-refractivity contribution in [3.8, 4) is 0 Å². The van der Waals surface area contributed by atoms with Crippen molar-refractivity contribution in [2.45, 2.75) is 44.4 Å². The van der Waals surface area contributed by atoms with Crippen molar-refractivity contribution >= 4 is 10.8 Å². The number of hydrogen-bond donors (Lipinski definition) is 3. The van der Waals surface area contributed by atoms with Gasteiger partial charge >= 0.3 is 0 Å². The van der Waals surface area contributed by atoms with E-state index in [4.69, 9.17) is 0 Å². The molecular weight excluding hydrogens is 272 g/mol. The minimum Gasteiger partial charge on any atom is -0.390 e. The molecule has 3 nitrogen and oxygen atoms in total. The van der Waals surface area contributed by atoms with Crippen molar-refractivity contribution in [3.05, 3.63) is 48.0 Å². The lowest BCUT2D eigenvalue weighted by Crippen LogP contribution is -2.56. The lowest BCUT2D eigenvalue weighted by molar-refractivity contribution is 0.0871. The fourth-order valence-corrected chi connectivity index (χ4v) is 3.08. The Balaban J connectivity index is 1.61. The topological polar surface area (TPSA) is 44.3 Å². The van der Waals surface area contributed by atoms with Crippen LogP contribution in [0.3, 0.4) is 0 Å². The number of benzene rings is 2. The Morgan fingerprint density at radius 3 is 2.64 bits per heavy atom. The number of β-amino-alcohol motifs (C(OH)–C–C–N with tert-alkyl or cyclic N) is 1. The molecule has 1 heterocycles. The van der Waals surface area contributed by atoms with Crippen molar-refractivity contribution in [2.24, 2.45) is 0 Å². The minimum absolute atomic E-state index is 0.0345. The van der Waals surface area contributed by atoms with Gasteiger partial charge in [-0.3, -0.25) is 0 Å². The average molecular weight is 298 g/mol. The van der Waals surface area contributed by atoms with Crippen LogP contribution >= 0.6 is 0 Å². The van der Waals surface area contributed by atoms with Gasteiger partial charge in [-0.25, -0.2) is 0 Å². The quantitative estimate of drug-likeness (QED) is 0.767. The molecule has 3 rings (SSSR count). The van der Waals surface area contributed by atoms with E-state index < -0.39 is 0 Å². The Kier molecular flexibility index (Phi) is 4.48. The van der Waals surface area contributed by atoms with Crippen molar-refractivity contribution < 1.29 is 5.11 Å². The molecule has 2 aromatic carbocycles. The molecule has 22 heavy (non-hydrogen) atoms. The summed E-state index contributed by atoms with van der Waals surface area (Å²) in [5, 5.41) is 19.5. The van der Waals surface area contributed by atoms with Gasteiger partial charge in [-0.05, 0) is 49.6 Å². The molecule has 3 heteroatoms. The van der Waals surface area contributed by atoms with E-state index in [1.54, 1.807) is 0 Å². The summed E-state index contributed by atoms with van der Waals surface area (Å²) in [7, 11) is 0. The first kappa shape index (κ1) is 15.5. The van der Waals surface area contributed by atoms with Gasteiger partial charge in [0.1, 0.15) is 0 Å². The monoisotopic (exact) mass is 298 g/mol. The maximum atomic E-state index is 10.1. The van der Waals surface area contributed by atoms with Crippen LogP contribution < -0.4 is 10.6 Å². The molecule has 1 saturated heterocycles. The summed E-state index contributed by atoms with van der Waals surface area (Å²) in [4.78, 5) is 0. The van der Waals surface area contributed by atoms with E-state index in [2.05, 4.69) is 66.9 Å². The van der Waals surface area contributed by atoms with E-state index in [0.717, 1.165) is 19.4 Å². The molecule has 1 aliphatic rings. The van der Waals surface area contributed by atoms with E-state index in [1.165, 1.54) is 16.3 Å². The van der Waals surface area contributed by atoms with E-state index in [9.17, 15) is 5.11 Å². The molecule has 0 bridgehead atoms. The number of fused-ring (bicyclic) bond motifs is 1. The lowest BCUT2D eigenvalue weighted by atomic mass is 9.92. The van der Waals surface area contributed by atoms with Gasteiger partial charge in [0.2, 0.25) is 0 Å². The van der Waals surface area contributed by atoms with Gasteiger partial charge in [-0.2, -0.15) is 0 Å². The molecular formula is C19H26N2O. The van der Waals surface area contributed by atoms with Crippen LogP contribution in [0.25, 0.3) is 10.8 Å². The molecule has 0 amide bonds. The van der Waals surface area contributed by atoms with Crippen LogP contribution in [0.5, 0.6) is 0 Å². The molecule has 3 N–H and O–H groups in total. The third-order valence-corrected chi connectivity index (χ3v) is 4.58. The second kappa shape index (κ2) is 6.37. The van der Waals surface area contributed by atoms with Crippen molar-refractivity contribution in [3.63, 3.8) is 0 Å². The molecule has 2 aromatic rings. The molecule has 1 aliphatic heterocycles. The number of rotatable bonds is 6. The van der Waals surface area contributed by atoms with Gasteiger partial charge in [-0.15, -0.1) is 0 Å². The zero-order valence-corrected chi connectivity index (χ0v) is 13.5. The smallest absolute Gasteiger partial charge is 0.0817 e. The summed E-state index contributed by atoms with van der Waals surface area (Å²) in [5.74, 6) is 0. The van der Waals surface area contributed by atoms with Crippen LogP contribution in [0, 0.1) is 0 Å². The largest absolute Gasteiger partial charge is 0.390 e. The van der Waals surface area contributed by atoms with E-state index in [0.29, 0.717) is 6.54 Å². The molecule has 0 spiro atoms. The number of nitrogens with one attached hydrogen (secondary N) is 2. The third kappa shape index (κ3) is 3.67. The Labute approximate surface area is 132 Å². The Bertz CT molecular complexity index is 634. The standard InChI is InChI=1S/C19H26N2O/c1-19(2,21-13-18(22)17-9-10-20-17)12-14-7-8-15-5-3-4-6-16(15)11-14/h3-8,11,17-18,20-22H,9-10,12-13H2,1-2H3/t17-,18-/m1/s1. The normalized spacial score (nSPS) is 19.9. The van der Waals surface area contributed by atoms with Gasteiger partial charge in [0.15, 0.2) is 0 Å². The predicted octanol–water partition coefficient (Wildman–Crippen LogP) is 2.47. The average Bonchev–Trinajstić information content (AvgIpc) is 2.43. The van der Waals surface area contributed by atoms with Crippen LogP contribution in [0.1, 0.15) is 25.8 Å². The van der Waals surface area contributed by atoms with Gasteiger partial charge in [0, 0.05) is 18.1 Å². The first-order valence-corrected chi connectivity index (χ1v) is 8.18. The summed E-state index contributed by atoms with van der Waals surface area (Å²) < 4.78 is 0. The maximum Gasteiger partial charge on any atom is 0.0817 e. The fourth-order valence-electron chi connectivity index (χ4n) is 3.08. The summed E-state index contributed by atoms with van der Waals surface area (Å²) in [6.07, 6.45) is 1.72. The Morgan fingerprint density at radius 1 is 1.23 bits per heavy atom. The molecule has 0 saturated carbocycles.